The number of aryl methyl sites for hydroxylation is 1. The highest BCUT2D eigenvalue weighted by Gasteiger charge is 2.23. The van der Waals surface area contributed by atoms with Crippen LogP contribution in [0.25, 0.3) is 56.1 Å². The van der Waals surface area contributed by atoms with E-state index in [-0.39, 0.29) is 0 Å². The Kier molecular flexibility index (Phi) is 5.90. The second-order valence-corrected chi connectivity index (χ2v) is 9.99. The van der Waals surface area contributed by atoms with Crippen LogP contribution in [0.2, 0.25) is 0 Å². The van der Waals surface area contributed by atoms with Gasteiger partial charge in [-0.3, -0.25) is 9.98 Å². The van der Waals surface area contributed by atoms with Crippen LogP contribution in [0.4, 0.5) is 0 Å². The number of allylic oxidation sites excluding steroid dienone is 1. The molecule has 6 heteroatoms. The quantitative estimate of drug-likeness (QED) is 0.224. The Morgan fingerprint density at radius 2 is 1.40 bits per heavy atom. The Labute approximate surface area is 237 Å². The minimum atomic E-state index is 0.346. The molecule has 0 spiro atoms. The Balaban J connectivity index is 1.27. The van der Waals surface area contributed by atoms with Crippen LogP contribution >= 0.6 is 12.8 Å². The van der Waals surface area contributed by atoms with E-state index in [1.54, 1.807) is 6.08 Å². The lowest BCUT2D eigenvalue weighted by Crippen LogP contribution is -2.18. The third-order valence-corrected chi connectivity index (χ3v) is 7.70. The van der Waals surface area contributed by atoms with Gasteiger partial charge in [-0.25, -0.2) is 14.4 Å². The van der Waals surface area contributed by atoms with E-state index in [4.69, 9.17) is 15.4 Å². The topological polar surface area (TPSA) is 66.9 Å². The number of hydrogen-bond donors (Lipinski definition) is 2. The van der Waals surface area contributed by atoms with Gasteiger partial charge in [-0.2, -0.15) is 0 Å². The maximum absolute atomic E-state index is 8.38. The molecule has 7 rings (SSSR count). The van der Waals surface area contributed by atoms with Crippen LogP contribution in [0, 0.1) is 5.41 Å². The highest BCUT2D eigenvalue weighted by molar-refractivity contribution is 7.79. The van der Waals surface area contributed by atoms with E-state index in [0.29, 0.717) is 11.4 Å². The minimum absolute atomic E-state index is 0.346. The number of benzene rings is 4. The average molecular weight is 536 g/mol. The molecular formula is C34H25N5S. The lowest BCUT2D eigenvalue weighted by Gasteiger charge is -2.19. The summed E-state index contributed by atoms with van der Waals surface area (Å²) < 4.78 is 6.41. The summed E-state index contributed by atoms with van der Waals surface area (Å²) in [5.41, 5.74) is 11.0. The van der Waals surface area contributed by atoms with Crippen molar-refractivity contribution in [3.8, 4) is 28.1 Å². The Morgan fingerprint density at radius 3 is 2.12 bits per heavy atom. The number of nitrogens with zero attached hydrogens (tertiary/aromatic N) is 4. The minimum Gasteiger partial charge on any atom is -0.299 e. The number of imidazole rings is 1. The number of pyridine rings is 1. The Hall–Kier alpha value is -4.81. The van der Waals surface area contributed by atoms with Gasteiger partial charge >= 0.3 is 0 Å². The Bertz CT molecular complexity index is 2000. The molecule has 0 saturated carbocycles. The van der Waals surface area contributed by atoms with Gasteiger partial charge in [0.15, 0.2) is 0 Å². The predicted octanol–water partition coefficient (Wildman–Crippen LogP) is 8.15. The summed E-state index contributed by atoms with van der Waals surface area (Å²) >= 11 is 4.19. The van der Waals surface area contributed by atoms with Crippen molar-refractivity contribution >= 4 is 52.3 Å². The van der Waals surface area contributed by atoms with Crippen LogP contribution in [0.5, 0.6) is 0 Å². The summed E-state index contributed by atoms with van der Waals surface area (Å²) in [6, 6.07) is 33.4. The van der Waals surface area contributed by atoms with Gasteiger partial charge in [-0.1, -0.05) is 73.7 Å². The molecule has 5 nitrogen and oxygen atoms in total. The second kappa shape index (κ2) is 9.74. The largest absolute Gasteiger partial charge is 0.299 e. The van der Waals surface area contributed by atoms with Gasteiger partial charge in [0.25, 0.3) is 0 Å². The maximum atomic E-state index is 8.38. The van der Waals surface area contributed by atoms with Crippen LogP contribution in [-0.2, 0) is 6.42 Å². The molecule has 1 aliphatic rings. The molecule has 2 heterocycles. The van der Waals surface area contributed by atoms with Crippen molar-refractivity contribution in [3.05, 3.63) is 120 Å². The second-order valence-electron chi connectivity index (χ2n) is 9.79. The third kappa shape index (κ3) is 3.88. The molecule has 4 aromatic carbocycles. The molecule has 0 amide bonds. The number of thiol groups is 1. The number of hydrogen-bond acceptors (Lipinski definition) is 5. The first-order valence-corrected chi connectivity index (χ1v) is 13.7. The molecule has 0 unspecified atom stereocenters. The first-order chi connectivity index (χ1) is 19.7. The van der Waals surface area contributed by atoms with E-state index in [9.17, 15) is 0 Å². The van der Waals surface area contributed by atoms with Crippen LogP contribution in [0.1, 0.15) is 23.9 Å². The van der Waals surface area contributed by atoms with Gasteiger partial charge < -0.3 is 0 Å². The SMILES string of the molecule is CCc1nc2ccccc2n1-c1ccc(-c2ccc(-c3nc4ccccc4c4c3C=CC(=N)C4=NS)cc2)cc1. The number of fused-ring (bicyclic) bond motifs is 4. The number of para-hydroxylation sites is 3. The van der Waals surface area contributed by atoms with Crippen molar-refractivity contribution in [1.29, 1.82) is 5.41 Å². The molecule has 0 bridgehead atoms. The molecule has 2 aromatic heterocycles. The molecular weight excluding hydrogens is 510 g/mol. The standard InChI is InChI=1S/C34H25N5S/c1-2-31-36-29-9-5-6-10-30(29)39(31)24-17-15-22(16-18-24)21-11-13-23(14-12-21)33-26-19-20-27(35)34(38-40)32(26)25-7-3-4-8-28(25)37-33/h3-20,35,40H,2H2,1H3. The molecule has 0 radical (unpaired) electrons. The Morgan fingerprint density at radius 1 is 0.750 bits per heavy atom. The molecule has 192 valence electrons. The van der Waals surface area contributed by atoms with Crippen molar-refractivity contribution in [3.63, 3.8) is 0 Å². The summed E-state index contributed by atoms with van der Waals surface area (Å²) in [6.07, 6.45) is 4.59. The van der Waals surface area contributed by atoms with Crippen molar-refractivity contribution < 1.29 is 0 Å². The van der Waals surface area contributed by atoms with E-state index in [0.717, 1.165) is 73.4 Å². The molecule has 0 atom stereocenters. The fourth-order valence-electron chi connectivity index (χ4n) is 5.57. The van der Waals surface area contributed by atoms with Crippen molar-refractivity contribution in [2.45, 2.75) is 13.3 Å². The highest BCUT2D eigenvalue weighted by Crippen LogP contribution is 2.35. The highest BCUT2D eigenvalue weighted by atomic mass is 32.1. The summed E-state index contributed by atoms with van der Waals surface area (Å²) in [6.45, 7) is 2.14. The van der Waals surface area contributed by atoms with E-state index in [1.165, 1.54) is 0 Å². The summed E-state index contributed by atoms with van der Waals surface area (Å²) in [5, 5.41) is 9.35. The van der Waals surface area contributed by atoms with Gasteiger partial charge in [0.2, 0.25) is 0 Å². The summed E-state index contributed by atoms with van der Waals surface area (Å²) in [7, 11) is 0. The first kappa shape index (κ1) is 24.2. The van der Waals surface area contributed by atoms with E-state index >= 15 is 0 Å². The molecule has 0 fully saturated rings. The predicted molar refractivity (Wildman–Crippen MR) is 169 cm³/mol. The third-order valence-electron chi connectivity index (χ3n) is 7.50. The average Bonchev–Trinajstić information content (AvgIpc) is 3.39. The monoisotopic (exact) mass is 535 g/mol. The van der Waals surface area contributed by atoms with Crippen molar-refractivity contribution in [2.75, 3.05) is 0 Å². The van der Waals surface area contributed by atoms with Gasteiger partial charge in [0.05, 0.1) is 28.0 Å². The molecule has 0 aliphatic heterocycles. The first-order valence-electron chi connectivity index (χ1n) is 13.3. The van der Waals surface area contributed by atoms with E-state index in [2.05, 4.69) is 95.4 Å². The van der Waals surface area contributed by atoms with Crippen LogP contribution in [-0.4, -0.2) is 26.0 Å². The smallest absolute Gasteiger partial charge is 0.114 e. The zero-order valence-corrected chi connectivity index (χ0v) is 22.7. The summed E-state index contributed by atoms with van der Waals surface area (Å²) in [4.78, 5) is 9.85. The molecule has 40 heavy (non-hydrogen) atoms. The van der Waals surface area contributed by atoms with Crippen LogP contribution in [0.15, 0.2) is 108 Å². The van der Waals surface area contributed by atoms with Gasteiger partial charge in [-0.05, 0) is 66.4 Å². The molecule has 6 aromatic rings. The fourth-order valence-corrected chi connectivity index (χ4v) is 5.78. The number of aromatic nitrogens is 3. The molecule has 1 N–H and O–H groups in total. The maximum Gasteiger partial charge on any atom is 0.114 e. The lowest BCUT2D eigenvalue weighted by atomic mass is 9.88. The zero-order valence-electron chi connectivity index (χ0n) is 21.8. The number of rotatable bonds is 4. The van der Waals surface area contributed by atoms with E-state index < -0.39 is 0 Å². The lowest BCUT2D eigenvalue weighted by molar-refractivity contribution is 0.908. The van der Waals surface area contributed by atoms with Crippen LogP contribution < -0.4 is 0 Å². The normalized spacial score (nSPS) is 13.8. The number of nitrogens with one attached hydrogen (secondary N) is 1. The molecule has 1 aliphatic carbocycles. The van der Waals surface area contributed by atoms with Gasteiger partial charge in [-0.15, -0.1) is 0 Å². The van der Waals surface area contributed by atoms with Crippen molar-refractivity contribution in [2.24, 2.45) is 4.40 Å². The van der Waals surface area contributed by atoms with Gasteiger partial charge in [0.1, 0.15) is 11.5 Å². The zero-order chi connectivity index (χ0) is 27.2. The summed E-state index contributed by atoms with van der Waals surface area (Å²) in [5.74, 6) is 1.06. The van der Waals surface area contributed by atoms with Crippen molar-refractivity contribution in [1.82, 2.24) is 14.5 Å². The van der Waals surface area contributed by atoms with Crippen LogP contribution in [0.3, 0.4) is 0 Å². The van der Waals surface area contributed by atoms with Gasteiger partial charge in [0, 0.05) is 34.2 Å². The van der Waals surface area contributed by atoms with E-state index in [1.807, 2.05) is 36.4 Å². The fraction of sp³-hybridized carbons (Fsp3) is 0.0588. The molecule has 0 saturated heterocycles.